The molecule has 0 aromatic heterocycles. The largest absolute Gasteiger partial charge is 2.00 e. The second kappa shape index (κ2) is 13.2. The maximum absolute atomic E-state index is 10.6. The van der Waals surface area contributed by atoms with Crippen molar-refractivity contribution in [3.05, 3.63) is 40.6 Å². The van der Waals surface area contributed by atoms with Crippen molar-refractivity contribution < 1.29 is 74.3 Å². The molecule has 14 heteroatoms. The van der Waals surface area contributed by atoms with E-state index in [9.17, 15) is 4.79 Å². The average Bonchev–Trinajstić information content (AvgIpc) is 2.26. The molecule has 0 atom stereocenters. The fourth-order valence-corrected chi connectivity index (χ4v) is 0.521. The molecule has 10 nitrogen and oxygen atoms in total. The van der Waals surface area contributed by atoms with Gasteiger partial charge in [0, 0.05) is 20.8 Å². The van der Waals surface area contributed by atoms with Crippen LogP contribution in [0.5, 0.6) is 5.75 Å². The molecule has 0 aliphatic rings. The molecule has 1 rings (SSSR count). The first-order valence-corrected chi connectivity index (χ1v) is 6.59. The normalized spacial score (nSPS) is 9.33. The molecule has 0 aliphatic carbocycles. The summed E-state index contributed by atoms with van der Waals surface area (Å²) in [5, 5.41) is 8.77. The summed E-state index contributed by atoms with van der Waals surface area (Å²) in [6.45, 7) is 0. The second-order valence-electron chi connectivity index (χ2n) is 2.48. The first-order valence-electron chi connectivity index (χ1n) is 3.92. The van der Waals surface area contributed by atoms with Crippen molar-refractivity contribution >= 4 is 20.8 Å². The van der Waals surface area contributed by atoms with Crippen molar-refractivity contribution in [3.63, 3.8) is 0 Å². The Kier molecular flexibility index (Phi) is 17.9. The van der Waals surface area contributed by atoms with Crippen LogP contribution in [0, 0.1) is 0 Å². The van der Waals surface area contributed by atoms with Crippen LogP contribution >= 0.6 is 0 Å². The summed E-state index contributed by atoms with van der Waals surface area (Å²) in [4.78, 5) is 10.6. The van der Waals surface area contributed by atoms with Gasteiger partial charge in [-0.25, -0.2) is 0 Å². The van der Waals surface area contributed by atoms with E-state index >= 15 is 0 Å². The minimum absolute atomic E-state index is 0. The molecule has 0 unspecified atom stereocenters. The zero-order valence-electron chi connectivity index (χ0n) is 9.43. The van der Waals surface area contributed by atoms with Crippen molar-refractivity contribution in [3.8, 4) is 5.75 Å². The molecule has 0 aliphatic heterocycles. The molecule has 21 heavy (non-hydrogen) atoms. The zero-order valence-corrected chi connectivity index (χ0v) is 12.9. The van der Waals surface area contributed by atoms with Crippen LogP contribution in [0.25, 0.3) is 0 Å². The van der Waals surface area contributed by atoms with Crippen LogP contribution in [0.15, 0.2) is 35.1 Å². The van der Waals surface area contributed by atoms with E-state index < -0.39 is 20.8 Å². The summed E-state index contributed by atoms with van der Waals surface area (Å²) in [6.07, 6.45) is 0. The molecule has 0 heterocycles. The number of aromatic hydroxyl groups is 1. The Hall–Kier alpha value is -0.531. The fourth-order valence-electron chi connectivity index (χ4n) is 0.521. The van der Waals surface area contributed by atoms with E-state index in [1.165, 1.54) is 12.1 Å². The molecule has 0 saturated heterocycles. The number of hydrogen-bond acceptors (Lipinski definition) is 10. The van der Waals surface area contributed by atoms with Gasteiger partial charge in [0.05, 0.1) is 0 Å². The predicted octanol–water partition coefficient (Wildman–Crippen LogP) is -1.93. The summed E-state index contributed by atoms with van der Waals surface area (Å²) in [5.74, 6) is -0.208. The van der Waals surface area contributed by atoms with Crippen molar-refractivity contribution in [2.75, 3.05) is 0 Å². The summed E-state index contributed by atoms with van der Waals surface area (Å²) in [6, 6.07) is 7.55. The van der Waals surface area contributed by atoms with Crippen molar-refractivity contribution in [1.82, 2.24) is 0 Å². The van der Waals surface area contributed by atoms with Crippen LogP contribution in [0.2, 0.25) is 0 Å². The Labute approximate surface area is 141 Å². The maximum atomic E-state index is 10.6. The Bertz CT molecular complexity index is 596. The fraction of sp³-hybridized carbons (Fsp3) is 0. The number of rotatable bonds is 0. The molecule has 0 spiro atoms. The van der Waals surface area contributed by atoms with E-state index in [2.05, 4.69) is 0 Å². The van der Waals surface area contributed by atoms with Crippen LogP contribution < -0.4 is 5.43 Å². The quantitative estimate of drug-likeness (QED) is 0.269. The van der Waals surface area contributed by atoms with E-state index in [0.29, 0.717) is 0 Å². The first kappa shape index (κ1) is 28.6. The summed E-state index contributed by atoms with van der Waals surface area (Å²) in [7, 11) is -10.3. The smallest absolute Gasteiger partial charge is 0.759 e. The maximum Gasteiger partial charge on any atom is 2.00 e. The monoisotopic (exact) mass is 440 g/mol. The molecule has 0 fully saturated rings. The molecule has 0 bridgehead atoms. The van der Waals surface area contributed by atoms with Crippen LogP contribution in [0.3, 0.4) is 0 Å². The van der Waals surface area contributed by atoms with E-state index in [0.717, 1.165) is 0 Å². The Balaban J connectivity index is -0.000000106. The first-order chi connectivity index (χ1) is 8.30. The molecule has 0 saturated carbocycles. The van der Waals surface area contributed by atoms with Gasteiger partial charge >= 0.3 is 34.1 Å². The molecule has 1 N–H and O–H groups in total. The standard InChI is InChI=1S/C7H6O2.2Cu.2H2O4S/c8-6-4-2-1-3-5-7(6)9;;;2*1-5(2,3)4/h1-5H,(H,8,9);;;2*(H2,1,2,3,4)/q;2*+2;;/p-4. The van der Waals surface area contributed by atoms with Gasteiger partial charge in [-0.15, -0.1) is 0 Å². The minimum atomic E-state index is -5.17. The van der Waals surface area contributed by atoms with Gasteiger partial charge in [-0.1, -0.05) is 18.2 Å². The van der Waals surface area contributed by atoms with Crippen LogP contribution in [0.4, 0.5) is 0 Å². The Morgan fingerprint density at radius 3 is 1.38 bits per heavy atom. The molecule has 0 amide bonds. The zero-order chi connectivity index (χ0) is 15.7. The van der Waals surface area contributed by atoms with Gasteiger partial charge in [0.25, 0.3) is 0 Å². The second-order valence-corrected chi connectivity index (χ2v) is 4.11. The van der Waals surface area contributed by atoms with Crippen LogP contribution in [-0.4, -0.2) is 40.2 Å². The third kappa shape index (κ3) is 45.2. The van der Waals surface area contributed by atoms with Gasteiger partial charge in [-0.3, -0.25) is 21.6 Å². The van der Waals surface area contributed by atoms with Crippen LogP contribution in [-0.2, 0) is 54.9 Å². The number of hydrogen-bond donors (Lipinski definition) is 1. The summed E-state index contributed by atoms with van der Waals surface area (Å²) >= 11 is 0. The molecule has 2 radical (unpaired) electrons. The molecule has 1 aromatic carbocycles. The van der Waals surface area contributed by atoms with Gasteiger partial charge < -0.3 is 23.3 Å². The van der Waals surface area contributed by atoms with Gasteiger partial charge in [0.1, 0.15) is 0 Å². The van der Waals surface area contributed by atoms with Crippen molar-refractivity contribution in [2.45, 2.75) is 0 Å². The molecule has 1 aromatic rings. The van der Waals surface area contributed by atoms with Crippen LogP contribution in [0.1, 0.15) is 0 Å². The molecular formula is C7H6Cu2O10S2. The Morgan fingerprint density at radius 2 is 1.05 bits per heavy atom. The van der Waals surface area contributed by atoms with E-state index in [1.54, 1.807) is 18.2 Å². The molecular weight excluding hydrogens is 435 g/mol. The third-order valence-corrected chi connectivity index (χ3v) is 0.976. The van der Waals surface area contributed by atoms with Crippen molar-refractivity contribution in [2.24, 2.45) is 0 Å². The predicted molar refractivity (Wildman–Crippen MR) is 55.3 cm³/mol. The van der Waals surface area contributed by atoms with Gasteiger partial charge in [-0.2, -0.15) is 0 Å². The van der Waals surface area contributed by atoms with Gasteiger partial charge in [0.15, 0.2) is 5.75 Å². The Morgan fingerprint density at radius 1 is 0.762 bits per heavy atom. The summed E-state index contributed by atoms with van der Waals surface area (Å²) < 4.78 is 68.2. The van der Waals surface area contributed by atoms with E-state index in [1.807, 2.05) is 0 Å². The third-order valence-electron chi connectivity index (χ3n) is 0.976. The molecule has 128 valence electrons. The van der Waals surface area contributed by atoms with Crippen molar-refractivity contribution in [1.29, 1.82) is 0 Å². The van der Waals surface area contributed by atoms with Gasteiger partial charge in [-0.05, 0) is 12.1 Å². The summed E-state index contributed by atoms with van der Waals surface area (Å²) in [5.41, 5.74) is -0.347. The van der Waals surface area contributed by atoms with E-state index in [4.69, 9.17) is 40.2 Å². The topological polar surface area (TPSA) is 198 Å². The minimum Gasteiger partial charge on any atom is -0.759 e. The SMILES string of the molecule is O=S(=O)([O-])[O-].O=S(=O)([O-])[O-].O=c1cccccc1O.[Cu+2].[Cu+2]. The average molecular weight is 441 g/mol. The van der Waals surface area contributed by atoms with E-state index in [-0.39, 0.29) is 45.3 Å². The van der Waals surface area contributed by atoms with Gasteiger partial charge in [0.2, 0.25) is 5.43 Å².